The van der Waals surface area contributed by atoms with Gasteiger partial charge in [-0.1, -0.05) is 13.3 Å². The molecule has 1 aromatic rings. The predicted molar refractivity (Wildman–Crippen MR) is 67.5 cm³/mol. The van der Waals surface area contributed by atoms with E-state index in [4.69, 9.17) is 4.74 Å². The van der Waals surface area contributed by atoms with Gasteiger partial charge in [-0.05, 0) is 30.7 Å². The third kappa shape index (κ3) is 6.86. The van der Waals surface area contributed by atoms with Gasteiger partial charge in [-0.3, -0.25) is 4.79 Å². The molecule has 4 nitrogen and oxygen atoms in total. The van der Waals surface area contributed by atoms with Gasteiger partial charge in [-0.25, -0.2) is 0 Å². The second kappa shape index (κ2) is 7.62. The first-order chi connectivity index (χ1) is 9.40. The standard InChI is InChI=1S/C13H16F3NO3/c1-2-3-8-19-12(18)9-17-10-4-6-11(7-5-10)20-13(14,15)16/h4-7,17H,2-3,8-9H2,1H3. The van der Waals surface area contributed by atoms with Crippen LogP contribution in [-0.2, 0) is 9.53 Å². The zero-order valence-electron chi connectivity index (χ0n) is 11.0. The molecule has 1 N–H and O–H groups in total. The summed E-state index contributed by atoms with van der Waals surface area (Å²) in [7, 11) is 0. The SMILES string of the molecule is CCCCOC(=O)CNc1ccc(OC(F)(F)F)cc1. The van der Waals surface area contributed by atoms with Crippen LogP contribution < -0.4 is 10.1 Å². The number of hydrogen-bond acceptors (Lipinski definition) is 4. The number of esters is 1. The van der Waals surface area contributed by atoms with E-state index in [0.717, 1.165) is 25.0 Å². The molecule has 1 rings (SSSR count). The van der Waals surface area contributed by atoms with Gasteiger partial charge >= 0.3 is 12.3 Å². The zero-order valence-corrected chi connectivity index (χ0v) is 11.0. The number of unbranched alkanes of at least 4 members (excludes halogenated alkanes) is 1. The summed E-state index contributed by atoms with van der Waals surface area (Å²) in [6, 6.07) is 5.11. The average molecular weight is 291 g/mol. The highest BCUT2D eigenvalue weighted by molar-refractivity contribution is 5.75. The quantitative estimate of drug-likeness (QED) is 0.618. The average Bonchev–Trinajstić information content (AvgIpc) is 2.36. The Kier molecular flexibility index (Phi) is 6.14. The van der Waals surface area contributed by atoms with Gasteiger partial charge in [-0.2, -0.15) is 0 Å². The van der Waals surface area contributed by atoms with Gasteiger partial charge in [0.1, 0.15) is 12.3 Å². The number of carbonyl (C=O) groups excluding carboxylic acids is 1. The van der Waals surface area contributed by atoms with Gasteiger partial charge in [0, 0.05) is 5.69 Å². The van der Waals surface area contributed by atoms with Crippen LogP contribution in [0.4, 0.5) is 18.9 Å². The maximum absolute atomic E-state index is 11.9. The van der Waals surface area contributed by atoms with Crippen molar-refractivity contribution in [1.29, 1.82) is 0 Å². The Labute approximate surface area is 114 Å². The second-order valence-corrected chi connectivity index (χ2v) is 4.00. The number of ether oxygens (including phenoxy) is 2. The number of alkyl halides is 3. The van der Waals surface area contributed by atoms with Crippen molar-refractivity contribution in [3.8, 4) is 5.75 Å². The Morgan fingerprint density at radius 2 is 1.90 bits per heavy atom. The number of hydrogen-bond donors (Lipinski definition) is 1. The van der Waals surface area contributed by atoms with Crippen molar-refractivity contribution >= 4 is 11.7 Å². The maximum atomic E-state index is 11.9. The molecule has 0 radical (unpaired) electrons. The molecule has 0 spiro atoms. The Balaban J connectivity index is 2.36. The molecule has 0 atom stereocenters. The number of carbonyl (C=O) groups is 1. The Bertz CT molecular complexity index is 418. The summed E-state index contributed by atoms with van der Waals surface area (Å²) in [6.45, 7) is 2.31. The van der Waals surface area contributed by atoms with Crippen molar-refractivity contribution in [2.24, 2.45) is 0 Å². The van der Waals surface area contributed by atoms with Crippen LogP contribution in [0.15, 0.2) is 24.3 Å². The fourth-order valence-electron chi connectivity index (χ4n) is 1.33. The summed E-state index contributed by atoms with van der Waals surface area (Å²) >= 11 is 0. The van der Waals surface area contributed by atoms with Crippen LogP contribution >= 0.6 is 0 Å². The molecular formula is C13H16F3NO3. The molecule has 0 aliphatic heterocycles. The minimum atomic E-state index is -4.71. The summed E-state index contributed by atoms with van der Waals surface area (Å²) in [5, 5.41) is 2.75. The summed E-state index contributed by atoms with van der Waals surface area (Å²) < 4.78 is 44.5. The Hall–Kier alpha value is -1.92. The summed E-state index contributed by atoms with van der Waals surface area (Å²) in [5.41, 5.74) is 0.506. The summed E-state index contributed by atoms with van der Waals surface area (Å²) in [6.07, 6.45) is -2.98. The van der Waals surface area contributed by atoms with Crippen molar-refractivity contribution in [1.82, 2.24) is 0 Å². The van der Waals surface area contributed by atoms with E-state index in [9.17, 15) is 18.0 Å². The Morgan fingerprint density at radius 3 is 2.45 bits per heavy atom. The monoisotopic (exact) mass is 291 g/mol. The fraction of sp³-hybridized carbons (Fsp3) is 0.462. The number of nitrogens with one attached hydrogen (secondary N) is 1. The lowest BCUT2D eigenvalue weighted by molar-refractivity contribution is -0.274. The van der Waals surface area contributed by atoms with Crippen LogP contribution in [0.1, 0.15) is 19.8 Å². The van der Waals surface area contributed by atoms with Gasteiger partial charge in [0.05, 0.1) is 6.61 Å². The molecule has 0 unspecified atom stereocenters. The molecular weight excluding hydrogens is 275 g/mol. The molecule has 0 aliphatic carbocycles. The van der Waals surface area contributed by atoms with E-state index in [-0.39, 0.29) is 12.3 Å². The number of anilines is 1. The third-order valence-corrected chi connectivity index (χ3v) is 2.29. The topological polar surface area (TPSA) is 47.6 Å². The van der Waals surface area contributed by atoms with E-state index in [1.54, 1.807) is 0 Å². The van der Waals surface area contributed by atoms with Crippen molar-refractivity contribution in [3.05, 3.63) is 24.3 Å². The molecule has 0 saturated carbocycles. The summed E-state index contributed by atoms with van der Waals surface area (Å²) in [4.78, 5) is 11.3. The van der Waals surface area contributed by atoms with Gasteiger partial charge in [0.25, 0.3) is 0 Å². The molecule has 7 heteroatoms. The van der Waals surface area contributed by atoms with Gasteiger partial charge in [0.15, 0.2) is 0 Å². The molecule has 112 valence electrons. The predicted octanol–water partition coefficient (Wildman–Crippen LogP) is 3.34. The van der Waals surface area contributed by atoms with Crippen LogP contribution in [0.5, 0.6) is 5.75 Å². The number of benzene rings is 1. The molecule has 20 heavy (non-hydrogen) atoms. The Morgan fingerprint density at radius 1 is 1.25 bits per heavy atom. The molecule has 0 aromatic heterocycles. The minimum Gasteiger partial charge on any atom is -0.464 e. The molecule has 0 fully saturated rings. The molecule has 0 aliphatic rings. The second-order valence-electron chi connectivity index (χ2n) is 4.00. The molecule has 0 heterocycles. The van der Waals surface area contributed by atoms with Gasteiger partial charge < -0.3 is 14.8 Å². The van der Waals surface area contributed by atoms with Crippen molar-refractivity contribution in [2.45, 2.75) is 26.1 Å². The lowest BCUT2D eigenvalue weighted by Gasteiger charge is -2.10. The maximum Gasteiger partial charge on any atom is 0.573 e. The third-order valence-electron chi connectivity index (χ3n) is 2.29. The smallest absolute Gasteiger partial charge is 0.464 e. The normalized spacial score (nSPS) is 11.0. The fourth-order valence-corrected chi connectivity index (χ4v) is 1.33. The van der Waals surface area contributed by atoms with E-state index < -0.39 is 12.3 Å². The van der Waals surface area contributed by atoms with Crippen molar-refractivity contribution < 1.29 is 27.4 Å². The molecule has 0 saturated heterocycles. The van der Waals surface area contributed by atoms with Crippen LogP contribution in [0.3, 0.4) is 0 Å². The highest BCUT2D eigenvalue weighted by atomic mass is 19.4. The first-order valence-electron chi connectivity index (χ1n) is 6.16. The minimum absolute atomic E-state index is 0.0385. The first kappa shape index (κ1) is 16.1. The van der Waals surface area contributed by atoms with Crippen molar-refractivity contribution in [2.75, 3.05) is 18.5 Å². The van der Waals surface area contributed by atoms with Crippen LogP contribution in [0.25, 0.3) is 0 Å². The van der Waals surface area contributed by atoms with Crippen LogP contribution in [-0.4, -0.2) is 25.5 Å². The summed E-state index contributed by atoms with van der Waals surface area (Å²) in [5.74, 6) is -0.720. The first-order valence-corrected chi connectivity index (χ1v) is 6.16. The number of rotatable bonds is 7. The van der Waals surface area contributed by atoms with E-state index >= 15 is 0 Å². The lowest BCUT2D eigenvalue weighted by atomic mass is 10.3. The largest absolute Gasteiger partial charge is 0.573 e. The van der Waals surface area contributed by atoms with E-state index in [1.165, 1.54) is 12.1 Å². The molecule has 1 aromatic carbocycles. The van der Waals surface area contributed by atoms with E-state index in [0.29, 0.717) is 12.3 Å². The number of halogens is 3. The molecule has 0 amide bonds. The van der Waals surface area contributed by atoms with E-state index in [1.807, 2.05) is 6.92 Å². The highest BCUT2D eigenvalue weighted by Gasteiger charge is 2.30. The van der Waals surface area contributed by atoms with Crippen LogP contribution in [0.2, 0.25) is 0 Å². The zero-order chi connectivity index (χ0) is 15.0. The van der Waals surface area contributed by atoms with Crippen molar-refractivity contribution in [3.63, 3.8) is 0 Å². The van der Waals surface area contributed by atoms with Crippen LogP contribution in [0, 0.1) is 0 Å². The van der Waals surface area contributed by atoms with Gasteiger partial charge in [0.2, 0.25) is 0 Å². The highest BCUT2D eigenvalue weighted by Crippen LogP contribution is 2.23. The van der Waals surface area contributed by atoms with Gasteiger partial charge in [-0.15, -0.1) is 13.2 Å². The van der Waals surface area contributed by atoms with E-state index in [2.05, 4.69) is 10.1 Å². The molecule has 0 bridgehead atoms. The lowest BCUT2D eigenvalue weighted by Crippen LogP contribution is -2.18.